The van der Waals surface area contributed by atoms with E-state index in [1.165, 1.54) is 12.8 Å². The van der Waals surface area contributed by atoms with E-state index in [0.717, 1.165) is 30.6 Å². The molecule has 2 aromatic rings. The van der Waals surface area contributed by atoms with Crippen molar-refractivity contribution in [1.29, 1.82) is 0 Å². The number of ether oxygens (including phenoxy) is 2. The average Bonchev–Trinajstić information content (AvgIpc) is 3.45. The van der Waals surface area contributed by atoms with Gasteiger partial charge < -0.3 is 19.3 Å². The summed E-state index contributed by atoms with van der Waals surface area (Å²) in [5.41, 5.74) is 0.422. The normalized spacial score (nSPS) is 22.0. The van der Waals surface area contributed by atoms with Crippen molar-refractivity contribution in [3.8, 4) is 5.82 Å². The van der Waals surface area contributed by atoms with Crippen LogP contribution in [0.4, 0.5) is 5.82 Å². The van der Waals surface area contributed by atoms with Crippen molar-refractivity contribution in [2.45, 2.75) is 38.4 Å². The lowest BCUT2D eigenvalue weighted by Crippen LogP contribution is -2.47. The summed E-state index contributed by atoms with van der Waals surface area (Å²) in [6.07, 6.45) is 8.72. The van der Waals surface area contributed by atoms with E-state index in [9.17, 15) is 4.79 Å². The Labute approximate surface area is 176 Å². The molecule has 0 bridgehead atoms. The van der Waals surface area contributed by atoms with Gasteiger partial charge in [0.05, 0.1) is 13.2 Å². The molecule has 0 saturated carbocycles. The van der Waals surface area contributed by atoms with Gasteiger partial charge in [-0.1, -0.05) is 6.92 Å². The lowest BCUT2D eigenvalue weighted by molar-refractivity contribution is -0.181. The number of carbonyl (C=O) groups is 1. The van der Waals surface area contributed by atoms with Gasteiger partial charge in [-0.2, -0.15) is 0 Å². The first-order chi connectivity index (χ1) is 14.6. The summed E-state index contributed by atoms with van der Waals surface area (Å²) in [5, 5.41) is 0. The molecule has 9 nitrogen and oxygen atoms in total. The molecule has 30 heavy (non-hydrogen) atoms. The standard InChI is InChI=1S/C21H28N6O3/c1-16-2-6-25(7-3-16)18-12-19(23-14-22-18)27-13-17(24-15-27)20(28)26-8-4-21(5-9-26)29-10-11-30-21/h12-16H,2-11H2,1H3. The Morgan fingerprint density at radius 3 is 2.47 bits per heavy atom. The van der Waals surface area contributed by atoms with Crippen LogP contribution in [-0.4, -0.2) is 75.5 Å². The third kappa shape index (κ3) is 3.79. The molecule has 0 aromatic carbocycles. The Hall–Kier alpha value is -2.52. The summed E-state index contributed by atoms with van der Waals surface area (Å²) in [7, 11) is 0. The Bertz CT molecular complexity index is 892. The number of piperidine rings is 2. The van der Waals surface area contributed by atoms with E-state index in [0.29, 0.717) is 44.8 Å². The van der Waals surface area contributed by atoms with Gasteiger partial charge in [0, 0.05) is 51.3 Å². The van der Waals surface area contributed by atoms with Crippen LogP contribution in [0.3, 0.4) is 0 Å². The Morgan fingerprint density at radius 2 is 1.73 bits per heavy atom. The lowest BCUT2D eigenvalue weighted by atomic mass is 9.99. The highest BCUT2D eigenvalue weighted by atomic mass is 16.7. The van der Waals surface area contributed by atoms with E-state index in [1.54, 1.807) is 23.4 Å². The molecule has 1 spiro atoms. The maximum absolute atomic E-state index is 12.9. The van der Waals surface area contributed by atoms with Crippen molar-refractivity contribution >= 4 is 11.7 Å². The number of anilines is 1. The van der Waals surface area contributed by atoms with Crippen LogP contribution < -0.4 is 4.90 Å². The van der Waals surface area contributed by atoms with Crippen LogP contribution in [0.25, 0.3) is 5.82 Å². The van der Waals surface area contributed by atoms with Crippen LogP contribution in [0.1, 0.15) is 43.1 Å². The number of likely N-dealkylation sites (tertiary alicyclic amines) is 1. The molecule has 3 aliphatic rings. The first kappa shape index (κ1) is 19.4. The minimum atomic E-state index is -0.486. The molecule has 0 unspecified atom stereocenters. The number of imidazole rings is 1. The van der Waals surface area contributed by atoms with E-state index in [-0.39, 0.29) is 5.91 Å². The maximum Gasteiger partial charge on any atom is 0.274 e. The van der Waals surface area contributed by atoms with E-state index in [2.05, 4.69) is 26.8 Å². The molecule has 3 saturated heterocycles. The van der Waals surface area contributed by atoms with E-state index in [1.807, 2.05) is 11.0 Å². The van der Waals surface area contributed by atoms with Gasteiger partial charge in [0.15, 0.2) is 5.79 Å². The third-order valence-corrected chi connectivity index (χ3v) is 6.44. The van der Waals surface area contributed by atoms with Crippen molar-refractivity contribution in [2.75, 3.05) is 44.3 Å². The SMILES string of the molecule is CC1CCN(c2cc(-n3cnc(C(=O)N4CCC5(CC4)OCCO5)c3)ncn2)CC1. The summed E-state index contributed by atoms with van der Waals surface area (Å²) in [6, 6.07) is 1.96. The third-order valence-electron chi connectivity index (χ3n) is 6.44. The first-order valence-corrected chi connectivity index (χ1v) is 10.8. The highest BCUT2D eigenvalue weighted by Crippen LogP contribution is 2.31. The highest BCUT2D eigenvalue weighted by molar-refractivity contribution is 5.92. The number of hydrogen-bond donors (Lipinski definition) is 0. The number of amides is 1. The number of rotatable bonds is 3. The van der Waals surface area contributed by atoms with Gasteiger partial charge in [0.1, 0.15) is 30.0 Å². The smallest absolute Gasteiger partial charge is 0.274 e. The molecule has 9 heteroatoms. The highest BCUT2D eigenvalue weighted by Gasteiger charge is 2.41. The molecular weight excluding hydrogens is 384 g/mol. The molecule has 0 N–H and O–H groups in total. The van der Waals surface area contributed by atoms with Gasteiger partial charge in [-0.05, 0) is 18.8 Å². The van der Waals surface area contributed by atoms with E-state index >= 15 is 0 Å². The first-order valence-electron chi connectivity index (χ1n) is 10.8. The molecule has 160 valence electrons. The molecule has 0 atom stereocenters. The minimum absolute atomic E-state index is 0.0686. The molecule has 5 rings (SSSR count). The van der Waals surface area contributed by atoms with Crippen LogP contribution in [0, 0.1) is 5.92 Å². The van der Waals surface area contributed by atoms with Crippen LogP contribution in [-0.2, 0) is 9.47 Å². The zero-order valence-electron chi connectivity index (χ0n) is 17.4. The second-order valence-corrected chi connectivity index (χ2v) is 8.47. The van der Waals surface area contributed by atoms with Crippen molar-refractivity contribution in [2.24, 2.45) is 5.92 Å². The van der Waals surface area contributed by atoms with E-state index < -0.39 is 5.79 Å². The molecule has 3 fully saturated rings. The monoisotopic (exact) mass is 412 g/mol. The Balaban J connectivity index is 1.26. The Morgan fingerprint density at radius 1 is 1.03 bits per heavy atom. The summed E-state index contributed by atoms with van der Waals surface area (Å²) in [5.74, 6) is 1.85. The minimum Gasteiger partial charge on any atom is -0.356 e. The molecule has 5 heterocycles. The molecule has 2 aromatic heterocycles. The van der Waals surface area contributed by atoms with Gasteiger partial charge >= 0.3 is 0 Å². The van der Waals surface area contributed by atoms with Gasteiger partial charge in [-0.25, -0.2) is 15.0 Å². The fourth-order valence-electron chi connectivity index (χ4n) is 4.45. The summed E-state index contributed by atoms with van der Waals surface area (Å²) < 4.78 is 13.3. The van der Waals surface area contributed by atoms with Crippen LogP contribution >= 0.6 is 0 Å². The van der Waals surface area contributed by atoms with Crippen LogP contribution in [0.5, 0.6) is 0 Å². The maximum atomic E-state index is 12.9. The molecule has 3 aliphatic heterocycles. The number of aromatic nitrogens is 4. The van der Waals surface area contributed by atoms with Crippen molar-refractivity contribution in [3.63, 3.8) is 0 Å². The fraction of sp³-hybridized carbons (Fsp3) is 0.619. The van der Waals surface area contributed by atoms with Crippen molar-refractivity contribution < 1.29 is 14.3 Å². The zero-order valence-corrected chi connectivity index (χ0v) is 17.4. The van der Waals surface area contributed by atoms with Crippen molar-refractivity contribution in [3.05, 3.63) is 30.6 Å². The van der Waals surface area contributed by atoms with Gasteiger partial charge in [-0.3, -0.25) is 9.36 Å². The number of nitrogens with zero attached hydrogens (tertiary/aromatic N) is 6. The topological polar surface area (TPSA) is 85.6 Å². The molecule has 0 radical (unpaired) electrons. The fourth-order valence-corrected chi connectivity index (χ4v) is 4.45. The van der Waals surface area contributed by atoms with Gasteiger partial charge in [0.25, 0.3) is 5.91 Å². The van der Waals surface area contributed by atoms with Gasteiger partial charge in [0.2, 0.25) is 0 Å². The zero-order chi connectivity index (χ0) is 20.6. The summed E-state index contributed by atoms with van der Waals surface area (Å²) >= 11 is 0. The molecule has 0 aliphatic carbocycles. The Kier molecular flexibility index (Phi) is 5.16. The second kappa shape index (κ2) is 7.96. The molecular formula is C21H28N6O3. The number of hydrogen-bond acceptors (Lipinski definition) is 7. The summed E-state index contributed by atoms with van der Waals surface area (Å²) in [4.78, 5) is 30.2. The largest absolute Gasteiger partial charge is 0.356 e. The number of carbonyl (C=O) groups excluding carboxylic acids is 1. The molecule has 1 amide bonds. The van der Waals surface area contributed by atoms with Gasteiger partial charge in [-0.15, -0.1) is 0 Å². The van der Waals surface area contributed by atoms with Crippen molar-refractivity contribution in [1.82, 2.24) is 24.4 Å². The summed E-state index contributed by atoms with van der Waals surface area (Å²) in [6.45, 7) is 6.80. The van der Waals surface area contributed by atoms with Crippen LogP contribution in [0.15, 0.2) is 24.9 Å². The second-order valence-electron chi connectivity index (χ2n) is 8.47. The predicted octanol–water partition coefficient (Wildman–Crippen LogP) is 1.88. The predicted molar refractivity (Wildman–Crippen MR) is 110 cm³/mol. The van der Waals surface area contributed by atoms with Crippen LogP contribution in [0.2, 0.25) is 0 Å². The average molecular weight is 412 g/mol. The quantitative estimate of drug-likeness (QED) is 0.761. The lowest BCUT2D eigenvalue weighted by Gasteiger charge is -2.37. The van der Waals surface area contributed by atoms with E-state index in [4.69, 9.17) is 9.47 Å².